The molecule has 0 bridgehead atoms. The van der Waals surface area contributed by atoms with Crippen molar-refractivity contribution in [2.75, 3.05) is 7.05 Å². The van der Waals surface area contributed by atoms with Gasteiger partial charge in [-0.2, -0.15) is 15.3 Å². The summed E-state index contributed by atoms with van der Waals surface area (Å²) >= 11 is 1.76. The molecular weight excluding hydrogens is 705 g/mol. The Hall–Kier alpha value is -5.13. The van der Waals surface area contributed by atoms with Crippen molar-refractivity contribution in [2.45, 2.75) is 109 Å². The van der Waals surface area contributed by atoms with Crippen molar-refractivity contribution in [3.63, 3.8) is 0 Å². The van der Waals surface area contributed by atoms with Crippen LogP contribution in [-0.4, -0.2) is 93.7 Å². The number of hydrogen-bond acceptors (Lipinski definition) is 14. The molecule has 1 aliphatic heterocycles. The lowest BCUT2D eigenvalue weighted by Gasteiger charge is -2.11. The second kappa shape index (κ2) is 22.8. The third-order valence-corrected chi connectivity index (χ3v) is 9.16. The summed E-state index contributed by atoms with van der Waals surface area (Å²) in [5.74, 6) is 2.63. The monoisotopic (exact) mass is 767 g/mol. The van der Waals surface area contributed by atoms with E-state index in [1.165, 1.54) is 27.0 Å². The number of thiazole rings is 1. The molecule has 0 aliphatic carbocycles. The number of aromatic nitrogens is 14. The molecule has 298 valence electrons. The van der Waals surface area contributed by atoms with Gasteiger partial charge in [0.2, 0.25) is 0 Å². The van der Waals surface area contributed by atoms with Crippen molar-refractivity contribution in [1.29, 1.82) is 0 Å². The average Bonchev–Trinajstić information content (AvgIpc) is 3.95. The van der Waals surface area contributed by atoms with Crippen molar-refractivity contribution in [3.8, 4) is 0 Å². The lowest BCUT2D eigenvalue weighted by molar-refractivity contribution is 0.303. The third-order valence-electron chi connectivity index (χ3n) is 8.17. The zero-order valence-electron chi connectivity index (χ0n) is 35.9. The summed E-state index contributed by atoms with van der Waals surface area (Å²) in [6.45, 7) is 27.9. The number of nitrogens with zero attached hydrogens (tertiary/aromatic N) is 16. The predicted octanol–water partition coefficient (Wildman–Crippen LogP) is 5.87. The highest BCUT2D eigenvalue weighted by molar-refractivity contribution is 7.11. The van der Waals surface area contributed by atoms with Gasteiger partial charge in [0.15, 0.2) is 0 Å². The van der Waals surface area contributed by atoms with Crippen LogP contribution in [0.5, 0.6) is 0 Å². The Balaban J connectivity index is 0.000000315. The highest BCUT2D eigenvalue weighted by atomic mass is 32.1. The van der Waals surface area contributed by atoms with E-state index >= 15 is 0 Å². The van der Waals surface area contributed by atoms with E-state index in [9.17, 15) is 0 Å². The molecule has 0 saturated heterocycles. The van der Waals surface area contributed by atoms with E-state index in [0.29, 0.717) is 6.04 Å². The normalized spacial score (nSPS) is 12.5. The average molecular weight is 767 g/mol. The van der Waals surface area contributed by atoms with Gasteiger partial charge in [-0.1, -0.05) is 10.4 Å². The maximum Gasteiger partial charge on any atom is 0.147 e. The molecule has 0 fully saturated rings. The number of tetrazole rings is 1. The van der Waals surface area contributed by atoms with Crippen LogP contribution >= 0.6 is 11.3 Å². The van der Waals surface area contributed by atoms with Gasteiger partial charge in [-0.25, -0.2) is 14.6 Å². The van der Waals surface area contributed by atoms with E-state index < -0.39 is 0 Å². The molecular formula is C36H62N16OS. The molecule has 6 aromatic rings. The van der Waals surface area contributed by atoms with Crippen LogP contribution in [0.2, 0.25) is 0 Å². The summed E-state index contributed by atoms with van der Waals surface area (Å²) < 4.78 is 11.6. The van der Waals surface area contributed by atoms with E-state index in [2.05, 4.69) is 87.6 Å². The van der Waals surface area contributed by atoms with Crippen molar-refractivity contribution < 1.29 is 4.52 Å². The van der Waals surface area contributed by atoms with Crippen LogP contribution in [0.25, 0.3) is 0 Å². The number of aryl methyl sites for hydroxylation is 15. The molecule has 0 N–H and O–H groups in total. The second-order valence-electron chi connectivity index (χ2n) is 13.0. The summed E-state index contributed by atoms with van der Waals surface area (Å²) in [6.07, 6.45) is 2.77. The van der Waals surface area contributed by atoms with E-state index in [-0.39, 0.29) is 0 Å². The number of rotatable bonds is 0. The van der Waals surface area contributed by atoms with E-state index in [4.69, 9.17) is 0 Å². The van der Waals surface area contributed by atoms with Crippen LogP contribution in [0.15, 0.2) is 22.0 Å². The van der Waals surface area contributed by atoms with Gasteiger partial charge in [-0.05, 0) is 113 Å². The smallest absolute Gasteiger partial charge is 0.147 e. The molecule has 0 radical (unpaired) electrons. The second-order valence-corrected chi connectivity index (χ2v) is 14.4. The first-order valence-electron chi connectivity index (χ1n) is 17.5. The molecule has 54 heavy (non-hydrogen) atoms. The first-order chi connectivity index (χ1) is 25.1. The quantitative estimate of drug-likeness (QED) is 0.180. The van der Waals surface area contributed by atoms with Crippen LogP contribution in [0, 0.1) is 83.1 Å². The molecule has 7 rings (SSSR count). The first-order valence-corrected chi connectivity index (χ1v) is 18.3. The standard InChI is InChI=1S/C6H12N2.C6H10N2.C6H9NS.2C5H9N3.C5H7NO.C3H6N4/c2*1-5-4-6(2)8(3)7-5;1-4-5(2)8-6(3)7-4;1-4-6-5(2)8(3)7-4;1-4-5(2)8(3)7-6-4;1-4-3-7-6-5(4)2;1-3-4-5-6-7(3)2/h6H,4H2,1-3H3;4H,1-3H3;3*1-3H3;3H,1-2H3;1-2H3. The third kappa shape index (κ3) is 17.1. The maximum absolute atomic E-state index is 4.59. The minimum atomic E-state index is 0.620. The fourth-order valence-corrected chi connectivity index (χ4v) is 4.90. The maximum atomic E-state index is 4.59. The van der Waals surface area contributed by atoms with Gasteiger partial charge in [0.1, 0.15) is 23.7 Å². The Morgan fingerprint density at radius 1 is 0.685 bits per heavy atom. The fraction of sp³-hybridized carbons (Fsp3) is 0.583. The summed E-state index contributed by atoms with van der Waals surface area (Å²) in [7, 11) is 9.53. The van der Waals surface area contributed by atoms with Gasteiger partial charge >= 0.3 is 0 Å². The molecule has 18 heteroatoms. The SMILES string of the molecule is CC1=NN(C)C(C)C1.Cc1cc(C)n(C)n1.Cc1conc1C.Cc1nc(C)c(C)s1.Cc1nc(C)n(C)n1.Cc1nnn(C)c1C.Cc1nnnn1C. The molecule has 0 spiro atoms. The van der Waals surface area contributed by atoms with E-state index in [0.717, 1.165) is 52.2 Å². The summed E-state index contributed by atoms with van der Waals surface area (Å²) in [5, 5.41) is 37.4. The Bertz CT molecular complexity index is 1740. The highest BCUT2D eigenvalue weighted by Crippen LogP contribution is 2.14. The minimum absolute atomic E-state index is 0.620. The molecule has 1 atom stereocenters. The van der Waals surface area contributed by atoms with Gasteiger partial charge in [-0.3, -0.25) is 19.1 Å². The lowest BCUT2D eigenvalue weighted by atomic mass is 10.2. The Labute approximate surface area is 324 Å². The minimum Gasteiger partial charge on any atom is -0.364 e. The molecule has 0 amide bonds. The van der Waals surface area contributed by atoms with Gasteiger partial charge in [0.25, 0.3) is 0 Å². The van der Waals surface area contributed by atoms with Crippen molar-refractivity contribution in [2.24, 2.45) is 33.3 Å². The summed E-state index contributed by atoms with van der Waals surface area (Å²) in [5.41, 5.74) is 8.94. The molecule has 7 heterocycles. The van der Waals surface area contributed by atoms with Crippen LogP contribution in [0.4, 0.5) is 0 Å². The van der Waals surface area contributed by atoms with Crippen LogP contribution in [-0.2, 0) is 28.2 Å². The molecule has 0 saturated carbocycles. The van der Waals surface area contributed by atoms with Crippen LogP contribution in [0.3, 0.4) is 0 Å². The molecule has 1 unspecified atom stereocenters. The zero-order valence-corrected chi connectivity index (χ0v) is 36.7. The molecule has 1 aliphatic rings. The van der Waals surface area contributed by atoms with E-state index in [1.54, 1.807) is 38.7 Å². The molecule has 0 aromatic carbocycles. The number of hydrogen-bond donors (Lipinski definition) is 0. The predicted molar refractivity (Wildman–Crippen MR) is 214 cm³/mol. The Morgan fingerprint density at radius 2 is 1.33 bits per heavy atom. The van der Waals surface area contributed by atoms with E-state index in [1.807, 2.05) is 114 Å². The fourth-order valence-electron chi connectivity index (χ4n) is 4.08. The summed E-state index contributed by atoms with van der Waals surface area (Å²) in [6, 6.07) is 2.68. The summed E-state index contributed by atoms with van der Waals surface area (Å²) in [4.78, 5) is 9.63. The number of hydrazone groups is 1. The zero-order chi connectivity index (χ0) is 41.3. The highest BCUT2D eigenvalue weighted by Gasteiger charge is 2.14. The molecule has 6 aromatic heterocycles. The van der Waals surface area contributed by atoms with Crippen LogP contribution < -0.4 is 0 Å². The largest absolute Gasteiger partial charge is 0.364 e. The topological polar surface area (TPSA) is 177 Å². The van der Waals surface area contributed by atoms with Crippen molar-refractivity contribution in [3.05, 3.63) is 79.4 Å². The van der Waals surface area contributed by atoms with Gasteiger partial charge < -0.3 is 4.52 Å². The van der Waals surface area contributed by atoms with Gasteiger partial charge in [0, 0.05) is 69.5 Å². The van der Waals surface area contributed by atoms with Crippen LogP contribution in [0.1, 0.15) is 87.4 Å². The van der Waals surface area contributed by atoms with Crippen molar-refractivity contribution >= 4 is 17.0 Å². The Kier molecular flexibility index (Phi) is 19.8. The van der Waals surface area contributed by atoms with Gasteiger partial charge in [-0.15, -0.1) is 21.5 Å². The lowest BCUT2D eigenvalue weighted by Crippen LogP contribution is -2.17. The first kappa shape index (κ1) is 46.9. The molecule has 17 nitrogen and oxygen atoms in total. The Morgan fingerprint density at radius 3 is 1.46 bits per heavy atom. The van der Waals surface area contributed by atoms with Gasteiger partial charge in [0.05, 0.1) is 33.5 Å². The van der Waals surface area contributed by atoms with Crippen molar-refractivity contribution in [1.82, 2.24) is 74.9 Å².